The van der Waals surface area contributed by atoms with E-state index in [9.17, 15) is 0 Å². The van der Waals surface area contributed by atoms with Gasteiger partial charge in [0, 0.05) is 25.8 Å². The van der Waals surface area contributed by atoms with Gasteiger partial charge in [0.25, 0.3) is 0 Å². The van der Waals surface area contributed by atoms with Crippen molar-refractivity contribution in [2.45, 2.75) is 24.9 Å². The number of aromatic nitrogens is 1. The zero-order valence-corrected chi connectivity index (χ0v) is 10.1. The Morgan fingerprint density at radius 3 is 2.82 bits per heavy atom. The average Bonchev–Trinajstić information content (AvgIpc) is 3.11. The summed E-state index contributed by atoms with van der Waals surface area (Å²) in [6, 6.07) is 4.26. The zero-order valence-electron chi connectivity index (χ0n) is 10.1. The van der Waals surface area contributed by atoms with Crippen LogP contribution in [0, 0.1) is 0 Å². The molecule has 2 N–H and O–H groups in total. The lowest BCUT2D eigenvalue weighted by Gasteiger charge is -2.26. The molecule has 1 aliphatic heterocycles. The number of nitrogens with zero attached hydrogens (tertiary/aromatic N) is 2. The Balaban J connectivity index is 1.70. The zero-order chi connectivity index (χ0) is 11.7. The summed E-state index contributed by atoms with van der Waals surface area (Å²) in [5.74, 6) is 0. The highest BCUT2D eigenvalue weighted by molar-refractivity contribution is 5.26. The van der Waals surface area contributed by atoms with Crippen molar-refractivity contribution in [2.24, 2.45) is 5.73 Å². The van der Waals surface area contributed by atoms with Gasteiger partial charge in [0.2, 0.25) is 0 Å². The molecule has 17 heavy (non-hydrogen) atoms. The lowest BCUT2D eigenvalue weighted by Crippen LogP contribution is -2.35. The van der Waals surface area contributed by atoms with E-state index < -0.39 is 0 Å². The smallest absolute Gasteiger partial charge is 0.0605 e. The molecule has 4 heteroatoms. The van der Waals surface area contributed by atoms with Gasteiger partial charge in [-0.3, -0.25) is 9.88 Å². The molecule has 0 unspecified atom stereocenters. The van der Waals surface area contributed by atoms with Crippen molar-refractivity contribution in [3.05, 3.63) is 29.6 Å². The topological polar surface area (TPSA) is 51.4 Å². The summed E-state index contributed by atoms with van der Waals surface area (Å²) in [7, 11) is 0. The standard InChI is InChI=1S/C13H19N3O/c14-13(2-3-13)12-9-11(1-4-15-12)10-16-5-7-17-8-6-16/h1,4,9H,2-3,5-8,10,14H2. The second-order valence-electron chi connectivity index (χ2n) is 5.09. The fourth-order valence-electron chi connectivity index (χ4n) is 2.25. The molecule has 0 bridgehead atoms. The van der Waals surface area contributed by atoms with E-state index in [0.29, 0.717) is 0 Å². The molecular formula is C13H19N3O. The summed E-state index contributed by atoms with van der Waals surface area (Å²) in [6.07, 6.45) is 4.03. The first-order chi connectivity index (χ1) is 8.26. The molecular weight excluding hydrogens is 214 g/mol. The van der Waals surface area contributed by atoms with E-state index in [1.165, 1.54) is 5.56 Å². The second kappa shape index (κ2) is 4.37. The summed E-state index contributed by atoms with van der Waals surface area (Å²) >= 11 is 0. The van der Waals surface area contributed by atoms with Gasteiger partial charge >= 0.3 is 0 Å². The van der Waals surface area contributed by atoms with Crippen LogP contribution in [0.5, 0.6) is 0 Å². The monoisotopic (exact) mass is 233 g/mol. The van der Waals surface area contributed by atoms with Crippen LogP contribution >= 0.6 is 0 Å². The first kappa shape index (κ1) is 11.1. The maximum absolute atomic E-state index is 6.17. The Morgan fingerprint density at radius 2 is 2.12 bits per heavy atom. The Hall–Kier alpha value is -0.970. The summed E-state index contributed by atoms with van der Waals surface area (Å²) in [5, 5.41) is 0. The predicted molar refractivity (Wildman–Crippen MR) is 65.4 cm³/mol. The molecule has 1 aromatic heterocycles. The number of hydrogen-bond donors (Lipinski definition) is 1. The van der Waals surface area contributed by atoms with Crippen molar-refractivity contribution >= 4 is 0 Å². The van der Waals surface area contributed by atoms with Gasteiger partial charge in [-0.05, 0) is 30.5 Å². The SMILES string of the molecule is NC1(c2cc(CN3CCOCC3)ccn2)CC1. The third-order valence-corrected chi connectivity index (χ3v) is 3.63. The number of hydrogen-bond acceptors (Lipinski definition) is 4. The molecule has 0 atom stereocenters. The molecule has 3 rings (SSSR count). The molecule has 2 heterocycles. The van der Waals surface area contributed by atoms with Crippen molar-refractivity contribution < 1.29 is 4.74 Å². The van der Waals surface area contributed by atoms with Gasteiger partial charge in [-0.2, -0.15) is 0 Å². The fraction of sp³-hybridized carbons (Fsp3) is 0.615. The molecule has 0 radical (unpaired) electrons. The van der Waals surface area contributed by atoms with Crippen LogP contribution in [-0.4, -0.2) is 36.2 Å². The molecule has 0 aromatic carbocycles. The fourth-order valence-corrected chi connectivity index (χ4v) is 2.25. The van der Waals surface area contributed by atoms with Gasteiger partial charge in [0.1, 0.15) is 0 Å². The maximum Gasteiger partial charge on any atom is 0.0605 e. The quantitative estimate of drug-likeness (QED) is 0.841. The van der Waals surface area contributed by atoms with Gasteiger partial charge in [-0.1, -0.05) is 0 Å². The van der Waals surface area contributed by atoms with Gasteiger partial charge in [0.05, 0.1) is 24.4 Å². The van der Waals surface area contributed by atoms with E-state index in [-0.39, 0.29) is 5.54 Å². The lowest BCUT2D eigenvalue weighted by molar-refractivity contribution is 0.0341. The minimum Gasteiger partial charge on any atom is -0.379 e. The van der Waals surface area contributed by atoms with Crippen molar-refractivity contribution in [3.63, 3.8) is 0 Å². The Kier molecular flexibility index (Phi) is 2.86. The summed E-state index contributed by atoms with van der Waals surface area (Å²) in [6.45, 7) is 4.71. The predicted octanol–water partition coefficient (Wildman–Crippen LogP) is 0.862. The van der Waals surface area contributed by atoms with Gasteiger partial charge < -0.3 is 10.5 Å². The number of morpholine rings is 1. The minimum atomic E-state index is -0.124. The Morgan fingerprint density at radius 1 is 1.35 bits per heavy atom. The van der Waals surface area contributed by atoms with Crippen LogP contribution in [0.3, 0.4) is 0 Å². The van der Waals surface area contributed by atoms with Crippen LogP contribution in [0.1, 0.15) is 24.1 Å². The molecule has 1 saturated carbocycles. The molecule has 1 aliphatic carbocycles. The highest BCUT2D eigenvalue weighted by Crippen LogP contribution is 2.41. The van der Waals surface area contributed by atoms with Crippen LogP contribution in [0.4, 0.5) is 0 Å². The van der Waals surface area contributed by atoms with Crippen LogP contribution in [0.2, 0.25) is 0 Å². The van der Waals surface area contributed by atoms with E-state index in [1.54, 1.807) is 0 Å². The van der Waals surface area contributed by atoms with E-state index >= 15 is 0 Å². The molecule has 2 aliphatic rings. The van der Waals surface area contributed by atoms with Crippen LogP contribution in [0.25, 0.3) is 0 Å². The summed E-state index contributed by atoms with van der Waals surface area (Å²) in [5.41, 5.74) is 8.42. The van der Waals surface area contributed by atoms with E-state index in [0.717, 1.165) is 51.4 Å². The van der Waals surface area contributed by atoms with Crippen molar-refractivity contribution in [3.8, 4) is 0 Å². The minimum absolute atomic E-state index is 0.124. The van der Waals surface area contributed by atoms with Crippen molar-refractivity contribution in [1.82, 2.24) is 9.88 Å². The van der Waals surface area contributed by atoms with E-state index in [2.05, 4.69) is 22.0 Å². The van der Waals surface area contributed by atoms with Crippen molar-refractivity contribution in [1.29, 1.82) is 0 Å². The van der Waals surface area contributed by atoms with Crippen LogP contribution in [0.15, 0.2) is 18.3 Å². The van der Waals surface area contributed by atoms with Gasteiger partial charge in [-0.15, -0.1) is 0 Å². The lowest BCUT2D eigenvalue weighted by atomic mass is 10.1. The normalized spacial score (nSPS) is 23.6. The molecule has 0 spiro atoms. The molecule has 1 aromatic rings. The summed E-state index contributed by atoms with van der Waals surface area (Å²) in [4.78, 5) is 6.81. The number of pyridine rings is 1. The third kappa shape index (κ3) is 2.49. The first-order valence-electron chi connectivity index (χ1n) is 6.31. The highest BCUT2D eigenvalue weighted by Gasteiger charge is 2.41. The Bertz CT molecular complexity index is 397. The Labute approximate surface area is 102 Å². The molecule has 1 saturated heterocycles. The van der Waals surface area contributed by atoms with Gasteiger partial charge in [0.15, 0.2) is 0 Å². The number of ether oxygens (including phenoxy) is 1. The summed E-state index contributed by atoms with van der Waals surface area (Å²) < 4.78 is 5.35. The van der Waals surface area contributed by atoms with Crippen LogP contribution in [-0.2, 0) is 16.8 Å². The molecule has 92 valence electrons. The van der Waals surface area contributed by atoms with E-state index in [4.69, 9.17) is 10.5 Å². The average molecular weight is 233 g/mol. The van der Waals surface area contributed by atoms with Gasteiger partial charge in [-0.25, -0.2) is 0 Å². The van der Waals surface area contributed by atoms with Crippen molar-refractivity contribution in [2.75, 3.05) is 26.3 Å². The van der Waals surface area contributed by atoms with E-state index in [1.807, 2.05) is 6.20 Å². The number of nitrogens with two attached hydrogens (primary N) is 1. The third-order valence-electron chi connectivity index (χ3n) is 3.63. The van der Waals surface area contributed by atoms with Crippen LogP contribution < -0.4 is 5.73 Å². The maximum atomic E-state index is 6.17. The molecule has 2 fully saturated rings. The molecule has 0 amide bonds. The molecule has 4 nitrogen and oxygen atoms in total. The highest BCUT2D eigenvalue weighted by atomic mass is 16.5. The first-order valence-corrected chi connectivity index (χ1v) is 6.31. The largest absolute Gasteiger partial charge is 0.379 e. The second-order valence-corrected chi connectivity index (χ2v) is 5.09. The number of rotatable bonds is 3.